The molecule has 2 N–H and O–H groups in total. The van der Waals surface area contributed by atoms with Crippen molar-refractivity contribution in [3.8, 4) is 22.6 Å². The number of ether oxygens (including phenoxy) is 2. The van der Waals surface area contributed by atoms with Crippen molar-refractivity contribution in [3.05, 3.63) is 24.1 Å². The molecule has 0 saturated heterocycles. The number of halogens is 1. The molecule has 0 spiro atoms. The second-order valence-electron chi connectivity index (χ2n) is 3.29. The van der Waals surface area contributed by atoms with E-state index in [1.807, 2.05) is 0 Å². The quantitative estimate of drug-likeness (QED) is 0.886. The highest BCUT2D eigenvalue weighted by molar-refractivity contribution is 5.77. The number of benzene rings is 1. The van der Waals surface area contributed by atoms with Crippen molar-refractivity contribution in [2.45, 2.75) is 0 Å². The number of nitrogen functional groups attached to an aromatic ring is 1. The van der Waals surface area contributed by atoms with Crippen LogP contribution >= 0.6 is 0 Å². The number of methoxy groups -OCH3 is 2. The molecule has 0 aliphatic rings. The zero-order valence-electron chi connectivity index (χ0n) is 9.36. The summed E-state index contributed by atoms with van der Waals surface area (Å²) in [6.45, 7) is 0. The van der Waals surface area contributed by atoms with E-state index in [0.29, 0.717) is 16.9 Å². The number of nitrogens with two attached hydrogens (primary N) is 1. The maximum absolute atomic E-state index is 13.6. The number of aromatic nitrogens is 1. The van der Waals surface area contributed by atoms with Crippen LogP contribution in [0.5, 0.6) is 11.5 Å². The van der Waals surface area contributed by atoms with Crippen LogP contribution in [0.4, 0.5) is 10.3 Å². The number of nitrogens with zero attached hydrogens (tertiary/aromatic N) is 1. The van der Waals surface area contributed by atoms with E-state index in [1.165, 1.54) is 32.5 Å². The highest BCUT2D eigenvalue weighted by Gasteiger charge is 2.16. The molecule has 0 fully saturated rings. The summed E-state index contributed by atoms with van der Waals surface area (Å²) < 4.78 is 28.4. The standard InChI is InChI=1S/C11H11FN2O3/c1-15-9-4-10(16-2)8(12)3-6(9)7-5-14-17-11(7)13/h3-5H,13H2,1-2H3. The van der Waals surface area contributed by atoms with Crippen molar-refractivity contribution in [1.82, 2.24) is 5.16 Å². The first kappa shape index (κ1) is 11.3. The number of hydrogen-bond acceptors (Lipinski definition) is 5. The molecule has 0 aliphatic heterocycles. The van der Waals surface area contributed by atoms with Crippen molar-refractivity contribution in [1.29, 1.82) is 0 Å². The minimum absolute atomic E-state index is 0.0978. The lowest BCUT2D eigenvalue weighted by Crippen LogP contribution is -1.94. The highest BCUT2D eigenvalue weighted by Crippen LogP contribution is 2.37. The molecule has 2 rings (SSSR count). The monoisotopic (exact) mass is 238 g/mol. The van der Waals surface area contributed by atoms with Crippen LogP contribution in [-0.2, 0) is 0 Å². The van der Waals surface area contributed by atoms with Crippen LogP contribution in [0.1, 0.15) is 0 Å². The highest BCUT2D eigenvalue weighted by atomic mass is 19.1. The second-order valence-corrected chi connectivity index (χ2v) is 3.29. The summed E-state index contributed by atoms with van der Waals surface area (Å²) in [6, 6.07) is 2.71. The molecule has 0 aliphatic carbocycles. The Morgan fingerprint density at radius 1 is 1.18 bits per heavy atom. The molecule has 17 heavy (non-hydrogen) atoms. The lowest BCUT2D eigenvalue weighted by Gasteiger charge is -2.10. The smallest absolute Gasteiger partial charge is 0.230 e. The summed E-state index contributed by atoms with van der Waals surface area (Å²) in [5.74, 6) is 0.121. The predicted octanol–water partition coefficient (Wildman–Crippen LogP) is 2.08. The molecule has 1 heterocycles. The van der Waals surface area contributed by atoms with Crippen molar-refractivity contribution >= 4 is 5.88 Å². The molecule has 6 heteroatoms. The molecule has 0 amide bonds. The Morgan fingerprint density at radius 2 is 1.88 bits per heavy atom. The van der Waals surface area contributed by atoms with Crippen molar-refractivity contribution in [2.75, 3.05) is 20.0 Å². The van der Waals surface area contributed by atoms with Gasteiger partial charge >= 0.3 is 0 Å². The third kappa shape index (κ3) is 1.89. The number of hydrogen-bond donors (Lipinski definition) is 1. The number of rotatable bonds is 3. The van der Waals surface area contributed by atoms with Gasteiger partial charge in [0, 0.05) is 11.6 Å². The summed E-state index contributed by atoms with van der Waals surface area (Å²) in [4.78, 5) is 0. The molecule has 1 aromatic heterocycles. The maximum Gasteiger partial charge on any atom is 0.230 e. The third-order valence-electron chi connectivity index (χ3n) is 2.36. The zero-order chi connectivity index (χ0) is 12.4. The second kappa shape index (κ2) is 4.32. The molecule has 0 atom stereocenters. The first-order valence-electron chi connectivity index (χ1n) is 4.79. The first-order valence-corrected chi connectivity index (χ1v) is 4.79. The van der Waals surface area contributed by atoms with E-state index in [4.69, 9.17) is 19.7 Å². The van der Waals surface area contributed by atoms with Gasteiger partial charge in [-0.05, 0) is 6.07 Å². The Labute approximate surface area is 96.9 Å². The molecular weight excluding hydrogens is 227 g/mol. The summed E-state index contributed by atoms with van der Waals surface area (Å²) in [6.07, 6.45) is 1.40. The molecule has 0 bridgehead atoms. The van der Waals surface area contributed by atoms with Crippen molar-refractivity contribution in [3.63, 3.8) is 0 Å². The first-order chi connectivity index (χ1) is 8.17. The van der Waals surface area contributed by atoms with Crippen LogP contribution in [0.25, 0.3) is 11.1 Å². The maximum atomic E-state index is 13.6. The van der Waals surface area contributed by atoms with E-state index in [9.17, 15) is 4.39 Å². The van der Waals surface area contributed by atoms with Gasteiger partial charge in [0.2, 0.25) is 5.88 Å². The molecule has 90 valence electrons. The summed E-state index contributed by atoms with van der Waals surface area (Å²) >= 11 is 0. The van der Waals surface area contributed by atoms with Crippen LogP contribution < -0.4 is 15.2 Å². The van der Waals surface area contributed by atoms with Crippen LogP contribution in [0.2, 0.25) is 0 Å². The van der Waals surface area contributed by atoms with Crippen molar-refractivity contribution in [2.24, 2.45) is 0 Å². The summed E-state index contributed by atoms with van der Waals surface area (Å²) in [7, 11) is 2.85. The molecule has 0 radical (unpaired) electrons. The molecule has 5 nitrogen and oxygen atoms in total. The van der Waals surface area contributed by atoms with Gasteiger partial charge in [-0.2, -0.15) is 0 Å². The predicted molar refractivity (Wildman–Crippen MR) is 59.4 cm³/mol. The van der Waals surface area contributed by atoms with Gasteiger partial charge in [0.15, 0.2) is 11.6 Å². The van der Waals surface area contributed by atoms with Crippen LogP contribution in [0, 0.1) is 5.82 Å². The van der Waals surface area contributed by atoms with E-state index in [1.54, 1.807) is 0 Å². The summed E-state index contributed by atoms with van der Waals surface area (Å²) in [5, 5.41) is 3.54. The van der Waals surface area contributed by atoms with Gasteiger partial charge in [-0.25, -0.2) is 4.39 Å². The molecule has 0 saturated carbocycles. The Hall–Kier alpha value is -2.24. The van der Waals surface area contributed by atoms with Gasteiger partial charge in [-0.15, -0.1) is 0 Å². The lowest BCUT2D eigenvalue weighted by atomic mass is 10.1. The fraction of sp³-hybridized carbons (Fsp3) is 0.182. The Morgan fingerprint density at radius 3 is 2.41 bits per heavy atom. The number of anilines is 1. The largest absolute Gasteiger partial charge is 0.496 e. The van der Waals surface area contributed by atoms with Gasteiger partial charge < -0.3 is 19.7 Å². The van der Waals surface area contributed by atoms with Gasteiger partial charge in [-0.3, -0.25) is 0 Å². The van der Waals surface area contributed by atoms with E-state index >= 15 is 0 Å². The molecule has 1 aromatic carbocycles. The van der Waals surface area contributed by atoms with Crippen LogP contribution in [0.15, 0.2) is 22.9 Å². The zero-order valence-corrected chi connectivity index (χ0v) is 9.36. The lowest BCUT2D eigenvalue weighted by molar-refractivity contribution is 0.374. The van der Waals surface area contributed by atoms with E-state index < -0.39 is 5.82 Å². The average molecular weight is 238 g/mol. The molecular formula is C11H11FN2O3. The van der Waals surface area contributed by atoms with E-state index in [-0.39, 0.29) is 11.6 Å². The Kier molecular flexibility index (Phi) is 2.86. The van der Waals surface area contributed by atoms with Crippen LogP contribution in [0.3, 0.4) is 0 Å². The topological polar surface area (TPSA) is 70.5 Å². The Balaban J connectivity index is 2.61. The van der Waals surface area contributed by atoms with Crippen molar-refractivity contribution < 1.29 is 18.4 Å². The van der Waals surface area contributed by atoms with Gasteiger partial charge in [0.05, 0.1) is 26.0 Å². The van der Waals surface area contributed by atoms with E-state index in [2.05, 4.69) is 5.16 Å². The average Bonchev–Trinajstić information content (AvgIpc) is 2.75. The Bertz CT molecular complexity index is 540. The van der Waals surface area contributed by atoms with Crippen LogP contribution in [-0.4, -0.2) is 19.4 Å². The van der Waals surface area contributed by atoms with Gasteiger partial charge in [0.25, 0.3) is 0 Å². The fourth-order valence-electron chi connectivity index (χ4n) is 1.52. The summed E-state index contributed by atoms with van der Waals surface area (Å²) in [5.41, 5.74) is 6.52. The van der Waals surface area contributed by atoms with E-state index in [0.717, 1.165) is 0 Å². The molecule has 0 unspecified atom stereocenters. The van der Waals surface area contributed by atoms with Gasteiger partial charge in [-0.1, -0.05) is 5.16 Å². The fourth-order valence-corrected chi connectivity index (χ4v) is 1.52. The normalized spacial score (nSPS) is 10.3. The molecule has 2 aromatic rings. The minimum Gasteiger partial charge on any atom is -0.496 e. The minimum atomic E-state index is -0.510. The third-order valence-corrected chi connectivity index (χ3v) is 2.36. The SMILES string of the molecule is COc1cc(OC)c(-c2cnoc2N)cc1F. The van der Waals surface area contributed by atoms with Gasteiger partial charge in [0.1, 0.15) is 5.75 Å².